The Morgan fingerprint density at radius 2 is 1.84 bits per heavy atom. The number of rotatable bonds is 6. The van der Waals surface area contributed by atoms with E-state index in [2.05, 4.69) is 15.0 Å². The zero-order chi connectivity index (χ0) is 22.9. The van der Waals surface area contributed by atoms with Gasteiger partial charge in [0.25, 0.3) is 0 Å². The first-order valence-electron chi connectivity index (χ1n) is 10.8. The third kappa shape index (κ3) is 4.50. The van der Waals surface area contributed by atoms with Crippen LogP contribution in [0, 0.1) is 5.92 Å². The van der Waals surface area contributed by atoms with Crippen LogP contribution in [0.5, 0.6) is 0 Å². The van der Waals surface area contributed by atoms with Gasteiger partial charge in [0.15, 0.2) is 11.4 Å². The normalized spacial score (nSPS) is 15.2. The molecule has 2 aromatic heterocycles. The molecule has 1 saturated heterocycles. The van der Waals surface area contributed by atoms with Gasteiger partial charge in [-0.05, 0) is 32.3 Å². The van der Waals surface area contributed by atoms with Crippen LogP contribution in [0.3, 0.4) is 0 Å². The van der Waals surface area contributed by atoms with E-state index in [0.717, 1.165) is 11.4 Å². The molecule has 0 saturated carbocycles. The van der Waals surface area contributed by atoms with Gasteiger partial charge in [-0.15, -0.1) is 0 Å². The highest BCUT2D eigenvalue weighted by Crippen LogP contribution is 2.26. The molecule has 1 aliphatic heterocycles. The molecule has 0 aliphatic carbocycles. The van der Waals surface area contributed by atoms with E-state index < -0.39 is 5.60 Å². The molecule has 0 spiro atoms. The van der Waals surface area contributed by atoms with E-state index in [1.165, 1.54) is 7.11 Å². The van der Waals surface area contributed by atoms with Gasteiger partial charge >= 0.3 is 5.97 Å². The van der Waals surface area contributed by atoms with Crippen LogP contribution >= 0.6 is 0 Å². The molecule has 1 N–H and O–H groups in total. The summed E-state index contributed by atoms with van der Waals surface area (Å²) in [5.41, 5.74) is 1.73. The molecule has 8 heteroatoms. The maximum atomic E-state index is 12.9. The minimum absolute atomic E-state index is 0.0426. The van der Waals surface area contributed by atoms with Crippen LogP contribution in [0.25, 0.3) is 5.65 Å². The number of methoxy groups -OCH3 is 1. The molecule has 3 heterocycles. The number of ketones is 1. The fourth-order valence-electron chi connectivity index (χ4n) is 4.10. The number of aromatic nitrogens is 3. The highest BCUT2D eigenvalue weighted by atomic mass is 16.5. The summed E-state index contributed by atoms with van der Waals surface area (Å²) in [7, 11) is 1.42. The summed E-state index contributed by atoms with van der Waals surface area (Å²) >= 11 is 0. The Morgan fingerprint density at radius 1 is 1.16 bits per heavy atom. The first kappa shape index (κ1) is 22.0. The molecular formula is C24H28N4O4. The lowest BCUT2D eigenvalue weighted by Crippen LogP contribution is -2.38. The molecule has 8 nitrogen and oxygen atoms in total. The van der Waals surface area contributed by atoms with Crippen molar-refractivity contribution in [3.63, 3.8) is 0 Å². The predicted molar refractivity (Wildman–Crippen MR) is 120 cm³/mol. The van der Waals surface area contributed by atoms with Crippen LogP contribution in [0.2, 0.25) is 0 Å². The molecule has 0 radical (unpaired) electrons. The van der Waals surface area contributed by atoms with E-state index in [-0.39, 0.29) is 24.1 Å². The third-order valence-corrected chi connectivity index (χ3v) is 6.00. The molecule has 168 valence electrons. The van der Waals surface area contributed by atoms with Gasteiger partial charge < -0.3 is 14.7 Å². The summed E-state index contributed by atoms with van der Waals surface area (Å²) in [6.07, 6.45) is 3.27. The number of aliphatic hydroxyl groups is 1. The number of Topliss-reactive ketones (excluding diaryl/α,β-unsaturated/α-hetero) is 1. The highest BCUT2D eigenvalue weighted by Gasteiger charge is 2.27. The SMILES string of the molecule is COC(=O)C1CCN(c2cc(CC(=O)c3ccc(C(C)(C)O)cc3)nc3ccnn23)CC1. The average molecular weight is 437 g/mol. The number of piperidine rings is 1. The van der Waals surface area contributed by atoms with Gasteiger partial charge in [0.1, 0.15) is 5.82 Å². The molecule has 1 aliphatic rings. The Hall–Kier alpha value is -3.26. The van der Waals surface area contributed by atoms with Gasteiger partial charge in [-0.25, -0.2) is 4.98 Å². The van der Waals surface area contributed by atoms with Crippen LogP contribution in [0.15, 0.2) is 42.6 Å². The second-order valence-corrected chi connectivity index (χ2v) is 8.73. The average Bonchev–Trinajstić information content (AvgIpc) is 3.26. The molecule has 3 aromatic rings. The van der Waals surface area contributed by atoms with Crippen LogP contribution in [0.4, 0.5) is 5.82 Å². The van der Waals surface area contributed by atoms with Gasteiger partial charge in [-0.2, -0.15) is 9.61 Å². The smallest absolute Gasteiger partial charge is 0.308 e. The molecule has 4 rings (SSSR count). The predicted octanol–water partition coefficient (Wildman–Crippen LogP) is 2.77. The third-order valence-electron chi connectivity index (χ3n) is 6.00. The minimum Gasteiger partial charge on any atom is -0.469 e. The number of carbonyl (C=O) groups is 2. The van der Waals surface area contributed by atoms with Crippen molar-refractivity contribution in [1.29, 1.82) is 0 Å². The summed E-state index contributed by atoms with van der Waals surface area (Å²) in [6, 6.07) is 10.8. The number of esters is 1. The molecule has 1 fully saturated rings. The number of hydrogen-bond acceptors (Lipinski definition) is 7. The topological polar surface area (TPSA) is 97.0 Å². The number of ether oxygens (including phenoxy) is 1. The summed E-state index contributed by atoms with van der Waals surface area (Å²) in [6.45, 7) is 4.82. The summed E-state index contributed by atoms with van der Waals surface area (Å²) < 4.78 is 6.65. The second kappa shape index (κ2) is 8.70. The van der Waals surface area contributed by atoms with Crippen molar-refractivity contribution in [2.45, 2.75) is 38.7 Å². The molecule has 0 amide bonds. The van der Waals surface area contributed by atoms with E-state index in [1.54, 1.807) is 48.8 Å². The maximum absolute atomic E-state index is 12.9. The van der Waals surface area contributed by atoms with Crippen LogP contribution in [-0.4, -0.2) is 51.7 Å². The van der Waals surface area contributed by atoms with Crippen molar-refractivity contribution in [2.24, 2.45) is 5.92 Å². The lowest BCUT2D eigenvalue weighted by atomic mass is 9.96. The Morgan fingerprint density at radius 3 is 2.47 bits per heavy atom. The number of anilines is 1. The monoisotopic (exact) mass is 436 g/mol. The van der Waals surface area contributed by atoms with Gasteiger partial charge in [-0.1, -0.05) is 24.3 Å². The highest BCUT2D eigenvalue weighted by molar-refractivity contribution is 5.97. The van der Waals surface area contributed by atoms with Gasteiger partial charge in [-0.3, -0.25) is 9.59 Å². The largest absolute Gasteiger partial charge is 0.469 e. The summed E-state index contributed by atoms with van der Waals surface area (Å²) in [4.78, 5) is 31.5. The zero-order valence-electron chi connectivity index (χ0n) is 18.6. The van der Waals surface area contributed by atoms with Crippen LogP contribution in [-0.2, 0) is 21.6 Å². The lowest BCUT2D eigenvalue weighted by molar-refractivity contribution is -0.146. The molecule has 1 aromatic carbocycles. The quantitative estimate of drug-likeness (QED) is 0.469. The van der Waals surface area contributed by atoms with E-state index in [4.69, 9.17) is 4.74 Å². The number of benzene rings is 1. The van der Waals surface area contributed by atoms with E-state index in [0.29, 0.717) is 42.8 Å². The number of nitrogens with zero attached hydrogens (tertiary/aromatic N) is 4. The van der Waals surface area contributed by atoms with Crippen molar-refractivity contribution in [2.75, 3.05) is 25.1 Å². The molecule has 32 heavy (non-hydrogen) atoms. The van der Waals surface area contributed by atoms with Gasteiger partial charge in [0.2, 0.25) is 0 Å². The Bertz CT molecular complexity index is 1120. The Labute approximate surface area is 186 Å². The van der Waals surface area contributed by atoms with Crippen molar-refractivity contribution < 1.29 is 19.4 Å². The number of fused-ring (bicyclic) bond motifs is 1. The number of carbonyl (C=O) groups excluding carboxylic acids is 2. The lowest BCUT2D eigenvalue weighted by Gasteiger charge is -2.32. The summed E-state index contributed by atoms with van der Waals surface area (Å²) in [5.74, 6) is 0.576. The van der Waals surface area contributed by atoms with Crippen molar-refractivity contribution in [1.82, 2.24) is 14.6 Å². The zero-order valence-corrected chi connectivity index (χ0v) is 18.6. The summed E-state index contributed by atoms with van der Waals surface area (Å²) in [5, 5.41) is 14.5. The van der Waals surface area contributed by atoms with E-state index >= 15 is 0 Å². The first-order chi connectivity index (χ1) is 15.3. The maximum Gasteiger partial charge on any atom is 0.308 e. The van der Waals surface area contributed by atoms with Crippen LogP contribution in [0.1, 0.15) is 48.3 Å². The first-order valence-corrected chi connectivity index (χ1v) is 10.8. The minimum atomic E-state index is -0.952. The van der Waals surface area contributed by atoms with Crippen molar-refractivity contribution in [3.05, 3.63) is 59.4 Å². The fourth-order valence-corrected chi connectivity index (χ4v) is 4.10. The Balaban J connectivity index is 1.54. The van der Waals surface area contributed by atoms with Gasteiger partial charge in [0.05, 0.1) is 36.9 Å². The molecular weight excluding hydrogens is 408 g/mol. The molecule has 0 unspecified atom stereocenters. The van der Waals surface area contributed by atoms with Gasteiger partial charge in [0, 0.05) is 30.8 Å². The van der Waals surface area contributed by atoms with Crippen molar-refractivity contribution in [3.8, 4) is 0 Å². The van der Waals surface area contributed by atoms with Crippen molar-refractivity contribution >= 4 is 23.2 Å². The van der Waals surface area contributed by atoms with Crippen LogP contribution < -0.4 is 4.90 Å². The van der Waals surface area contributed by atoms with E-state index in [1.807, 2.05) is 12.1 Å². The molecule has 0 atom stereocenters. The molecule has 0 bridgehead atoms. The Kier molecular flexibility index (Phi) is 5.97. The van der Waals surface area contributed by atoms with E-state index in [9.17, 15) is 14.7 Å². The number of hydrogen-bond donors (Lipinski definition) is 1. The fraction of sp³-hybridized carbons (Fsp3) is 0.417. The standard InChI is InChI=1S/C24H28N4O4/c1-24(2,31)18-6-4-16(5-7-18)20(29)14-19-15-22(28-21(26-19)8-11-25-28)27-12-9-17(10-13-27)23(30)32-3/h4-8,11,15,17,31H,9-10,12-14H2,1-3H3. The second-order valence-electron chi connectivity index (χ2n) is 8.73.